The summed E-state index contributed by atoms with van der Waals surface area (Å²) < 4.78 is 5.47. The summed E-state index contributed by atoms with van der Waals surface area (Å²) in [4.78, 5) is 28.3. The quantitative estimate of drug-likeness (QED) is 0.717. The van der Waals surface area contributed by atoms with Crippen LogP contribution in [0.5, 0.6) is 0 Å². The van der Waals surface area contributed by atoms with Gasteiger partial charge in [0.05, 0.1) is 6.10 Å². The monoisotopic (exact) mass is 319 g/mol. The lowest BCUT2D eigenvalue weighted by Gasteiger charge is -2.11. The standard InChI is InChI=1S/C17H25N3O3/c1-2-3-4-10-18-16(21)14-8-5-9-15(20-14)17(22)19-12-13-7-6-11-23-13/h5,8-9,13H,2-4,6-7,10-12H2,1H3,(H,18,21)(H,19,22). The van der Waals surface area contributed by atoms with E-state index in [4.69, 9.17) is 4.74 Å². The minimum atomic E-state index is -0.277. The van der Waals surface area contributed by atoms with Gasteiger partial charge in [0.1, 0.15) is 11.4 Å². The van der Waals surface area contributed by atoms with Crippen LogP contribution < -0.4 is 10.6 Å². The molecule has 0 saturated carbocycles. The van der Waals surface area contributed by atoms with E-state index in [1.165, 1.54) is 0 Å². The lowest BCUT2D eigenvalue weighted by atomic mass is 10.2. The first kappa shape index (κ1) is 17.4. The minimum absolute atomic E-state index is 0.0870. The maximum absolute atomic E-state index is 12.1. The van der Waals surface area contributed by atoms with Gasteiger partial charge in [-0.2, -0.15) is 0 Å². The summed E-state index contributed by atoms with van der Waals surface area (Å²) in [7, 11) is 0. The molecule has 0 spiro atoms. The number of carbonyl (C=O) groups is 2. The fourth-order valence-corrected chi connectivity index (χ4v) is 2.46. The molecule has 2 heterocycles. The van der Waals surface area contributed by atoms with Crippen molar-refractivity contribution in [3.63, 3.8) is 0 Å². The van der Waals surface area contributed by atoms with Crippen molar-refractivity contribution >= 4 is 11.8 Å². The summed E-state index contributed by atoms with van der Waals surface area (Å²) in [6.45, 7) is 3.98. The molecule has 0 aliphatic carbocycles. The molecule has 1 saturated heterocycles. The number of hydrogen-bond donors (Lipinski definition) is 2. The van der Waals surface area contributed by atoms with Crippen molar-refractivity contribution in [1.82, 2.24) is 15.6 Å². The summed E-state index contributed by atoms with van der Waals surface area (Å²) in [5.41, 5.74) is 0.524. The highest BCUT2D eigenvalue weighted by Crippen LogP contribution is 2.10. The summed E-state index contributed by atoms with van der Waals surface area (Å²) >= 11 is 0. The third kappa shape index (κ3) is 5.63. The van der Waals surface area contributed by atoms with E-state index in [2.05, 4.69) is 22.5 Å². The van der Waals surface area contributed by atoms with Gasteiger partial charge in [-0.25, -0.2) is 4.98 Å². The summed E-state index contributed by atoms with van der Waals surface area (Å²) in [6.07, 6.45) is 5.22. The van der Waals surface area contributed by atoms with Crippen molar-refractivity contribution in [3.05, 3.63) is 29.6 Å². The number of nitrogens with one attached hydrogen (secondary N) is 2. The lowest BCUT2D eigenvalue weighted by molar-refractivity contribution is 0.0853. The Balaban J connectivity index is 1.85. The highest BCUT2D eigenvalue weighted by Gasteiger charge is 2.17. The molecule has 2 N–H and O–H groups in total. The number of carbonyl (C=O) groups excluding carboxylic acids is 2. The molecule has 1 aromatic rings. The topological polar surface area (TPSA) is 80.3 Å². The first-order valence-electron chi connectivity index (χ1n) is 8.35. The zero-order valence-electron chi connectivity index (χ0n) is 13.6. The minimum Gasteiger partial charge on any atom is -0.376 e. The number of ether oxygens (including phenoxy) is 1. The predicted octanol–water partition coefficient (Wildman–Crippen LogP) is 1.91. The van der Waals surface area contributed by atoms with Crippen LogP contribution in [-0.2, 0) is 4.74 Å². The van der Waals surface area contributed by atoms with Crippen LogP contribution >= 0.6 is 0 Å². The molecule has 1 aromatic heterocycles. The molecule has 0 bridgehead atoms. The summed E-state index contributed by atoms with van der Waals surface area (Å²) in [6, 6.07) is 4.90. The molecule has 0 aromatic carbocycles. The van der Waals surface area contributed by atoms with Crippen molar-refractivity contribution in [2.24, 2.45) is 0 Å². The van der Waals surface area contributed by atoms with Gasteiger partial charge in [-0.05, 0) is 31.4 Å². The molecule has 0 radical (unpaired) electrons. The number of rotatable bonds is 8. The third-order valence-corrected chi connectivity index (χ3v) is 3.79. The van der Waals surface area contributed by atoms with E-state index in [0.29, 0.717) is 13.1 Å². The summed E-state index contributed by atoms with van der Waals surface area (Å²) in [5, 5.41) is 5.63. The van der Waals surface area contributed by atoms with E-state index in [9.17, 15) is 9.59 Å². The maximum Gasteiger partial charge on any atom is 0.269 e. The van der Waals surface area contributed by atoms with Gasteiger partial charge in [-0.3, -0.25) is 9.59 Å². The van der Waals surface area contributed by atoms with Crippen LogP contribution in [0, 0.1) is 0 Å². The van der Waals surface area contributed by atoms with Gasteiger partial charge < -0.3 is 15.4 Å². The van der Waals surface area contributed by atoms with Crippen molar-refractivity contribution in [2.75, 3.05) is 19.7 Å². The SMILES string of the molecule is CCCCCNC(=O)c1cccc(C(=O)NCC2CCCO2)n1. The van der Waals surface area contributed by atoms with Crippen LogP contribution in [0.4, 0.5) is 0 Å². The number of amides is 2. The van der Waals surface area contributed by atoms with E-state index in [-0.39, 0.29) is 29.3 Å². The molecular formula is C17H25N3O3. The molecule has 2 rings (SSSR count). The van der Waals surface area contributed by atoms with E-state index < -0.39 is 0 Å². The lowest BCUT2D eigenvalue weighted by Crippen LogP contribution is -2.33. The van der Waals surface area contributed by atoms with Gasteiger partial charge in [0.2, 0.25) is 0 Å². The molecule has 6 heteroatoms. The first-order chi connectivity index (χ1) is 11.2. The number of hydrogen-bond acceptors (Lipinski definition) is 4. The average molecular weight is 319 g/mol. The Labute approximate surface area is 137 Å². The van der Waals surface area contributed by atoms with Crippen LogP contribution in [0.25, 0.3) is 0 Å². The Kier molecular flexibility index (Phi) is 7.00. The first-order valence-corrected chi connectivity index (χ1v) is 8.35. The highest BCUT2D eigenvalue weighted by atomic mass is 16.5. The Morgan fingerprint density at radius 3 is 2.61 bits per heavy atom. The third-order valence-electron chi connectivity index (χ3n) is 3.79. The second-order valence-electron chi connectivity index (χ2n) is 5.72. The van der Waals surface area contributed by atoms with Crippen LogP contribution in [0.1, 0.15) is 60.0 Å². The van der Waals surface area contributed by atoms with Gasteiger partial charge in [-0.15, -0.1) is 0 Å². The number of unbranched alkanes of at least 4 members (excludes halogenated alkanes) is 2. The van der Waals surface area contributed by atoms with E-state index in [1.807, 2.05) is 0 Å². The van der Waals surface area contributed by atoms with Crippen molar-refractivity contribution < 1.29 is 14.3 Å². The van der Waals surface area contributed by atoms with Crippen molar-refractivity contribution in [2.45, 2.75) is 45.1 Å². The van der Waals surface area contributed by atoms with Crippen LogP contribution in [0.2, 0.25) is 0 Å². The second-order valence-corrected chi connectivity index (χ2v) is 5.72. The Hall–Kier alpha value is -1.95. The Morgan fingerprint density at radius 1 is 1.22 bits per heavy atom. The molecule has 1 fully saturated rings. The number of pyridine rings is 1. The molecule has 2 amide bonds. The average Bonchev–Trinajstić information content (AvgIpc) is 3.10. The van der Waals surface area contributed by atoms with Crippen molar-refractivity contribution in [1.29, 1.82) is 0 Å². The summed E-state index contributed by atoms with van der Waals surface area (Å²) in [5.74, 6) is -0.518. The fraction of sp³-hybridized carbons (Fsp3) is 0.588. The van der Waals surface area contributed by atoms with Crippen LogP contribution in [-0.4, -0.2) is 42.6 Å². The van der Waals surface area contributed by atoms with Gasteiger partial charge >= 0.3 is 0 Å². The van der Waals surface area contributed by atoms with Gasteiger partial charge in [-0.1, -0.05) is 25.8 Å². The highest BCUT2D eigenvalue weighted by molar-refractivity contribution is 5.96. The van der Waals surface area contributed by atoms with E-state index >= 15 is 0 Å². The van der Waals surface area contributed by atoms with Crippen molar-refractivity contribution in [3.8, 4) is 0 Å². The van der Waals surface area contributed by atoms with Crippen LogP contribution in [0.15, 0.2) is 18.2 Å². The second kappa shape index (κ2) is 9.25. The van der Waals surface area contributed by atoms with Crippen LogP contribution in [0.3, 0.4) is 0 Å². The number of aromatic nitrogens is 1. The molecule has 126 valence electrons. The molecule has 6 nitrogen and oxygen atoms in total. The molecule has 1 aliphatic rings. The molecule has 1 atom stereocenters. The molecule has 1 aliphatic heterocycles. The Bertz CT molecular complexity index is 528. The smallest absolute Gasteiger partial charge is 0.269 e. The fourth-order valence-electron chi connectivity index (χ4n) is 2.46. The Morgan fingerprint density at radius 2 is 1.96 bits per heavy atom. The van der Waals surface area contributed by atoms with Gasteiger partial charge in [0.15, 0.2) is 0 Å². The molecular weight excluding hydrogens is 294 g/mol. The maximum atomic E-state index is 12.1. The molecule has 23 heavy (non-hydrogen) atoms. The zero-order chi connectivity index (χ0) is 16.5. The van der Waals surface area contributed by atoms with E-state index in [1.54, 1.807) is 18.2 Å². The predicted molar refractivity (Wildman–Crippen MR) is 87.4 cm³/mol. The van der Waals surface area contributed by atoms with Gasteiger partial charge in [0.25, 0.3) is 11.8 Å². The zero-order valence-corrected chi connectivity index (χ0v) is 13.6. The number of nitrogens with zero attached hydrogens (tertiary/aromatic N) is 1. The largest absolute Gasteiger partial charge is 0.376 e. The normalized spacial score (nSPS) is 17.0. The molecule has 1 unspecified atom stereocenters. The van der Waals surface area contributed by atoms with Gasteiger partial charge in [0, 0.05) is 19.7 Å². The van der Waals surface area contributed by atoms with E-state index in [0.717, 1.165) is 38.7 Å².